The van der Waals surface area contributed by atoms with E-state index in [2.05, 4.69) is 31.0 Å². The van der Waals surface area contributed by atoms with Gasteiger partial charge in [-0.1, -0.05) is 23.8 Å². The predicted molar refractivity (Wildman–Crippen MR) is 70.8 cm³/mol. The molecule has 0 saturated heterocycles. The largest absolute Gasteiger partial charge is 0.308 e. The number of pyridine rings is 1. The van der Waals surface area contributed by atoms with Gasteiger partial charge in [0.2, 0.25) is 0 Å². The van der Waals surface area contributed by atoms with Crippen molar-refractivity contribution in [2.24, 2.45) is 0 Å². The molecule has 2 rings (SSSR count). The fourth-order valence-electron chi connectivity index (χ4n) is 2.12. The highest BCUT2D eigenvalue weighted by Crippen LogP contribution is 2.18. The van der Waals surface area contributed by atoms with Crippen molar-refractivity contribution in [1.82, 2.24) is 4.98 Å². The van der Waals surface area contributed by atoms with E-state index in [9.17, 15) is 0 Å². The van der Waals surface area contributed by atoms with Crippen LogP contribution in [-0.2, 0) is 6.42 Å². The second-order valence-corrected chi connectivity index (χ2v) is 4.30. The van der Waals surface area contributed by atoms with E-state index in [0.717, 1.165) is 23.2 Å². The Labute approximate surface area is 102 Å². The Hall–Kier alpha value is -1.96. The molecule has 1 heterocycles. The van der Waals surface area contributed by atoms with Gasteiger partial charge in [-0.15, -0.1) is 0 Å². The second kappa shape index (κ2) is 4.91. The van der Waals surface area contributed by atoms with Gasteiger partial charge in [-0.3, -0.25) is 4.98 Å². The van der Waals surface area contributed by atoms with Gasteiger partial charge in [0.15, 0.2) is 0 Å². The van der Waals surface area contributed by atoms with Crippen molar-refractivity contribution in [3.8, 4) is 0 Å². The van der Waals surface area contributed by atoms with Crippen LogP contribution in [0.2, 0.25) is 0 Å². The molecule has 0 atom stereocenters. The third-order valence-electron chi connectivity index (χ3n) is 2.86. The maximum Gasteiger partial charge on any atom is 0.0447 e. The van der Waals surface area contributed by atoms with E-state index in [0.29, 0.717) is 0 Å². The van der Waals surface area contributed by atoms with Crippen molar-refractivity contribution in [2.75, 3.05) is 0 Å². The predicted octanol–water partition coefficient (Wildman–Crippen LogP) is 3.29. The lowest BCUT2D eigenvalue weighted by molar-refractivity contribution is 1.06. The quantitative estimate of drug-likeness (QED) is 0.798. The van der Waals surface area contributed by atoms with E-state index in [1.54, 1.807) is 0 Å². The Morgan fingerprint density at radius 3 is 2.71 bits per heavy atom. The van der Waals surface area contributed by atoms with Gasteiger partial charge in [0.1, 0.15) is 0 Å². The first-order valence-electron chi connectivity index (χ1n) is 5.71. The van der Waals surface area contributed by atoms with Crippen LogP contribution in [0.1, 0.15) is 27.9 Å². The molecule has 2 nitrogen and oxygen atoms in total. The summed E-state index contributed by atoms with van der Waals surface area (Å²) in [4.78, 5) is 4.33. The molecular weight excluding hydrogens is 208 g/mol. The lowest BCUT2D eigenvalue weighted by Crippen LogP contribution is -2.00. The number of benzene rings is 1. The van der Waals surface area contributed by atoms with Crippen molar-refractivity contribution in [3.05, 3.63) is 64.5 Å². The fraction of sp³-hybridized carbons (Fsp3) is 0.200. The van der Waals surface area contributed by atoms with Crippen molar-refractivity contribution in [1.29, 1.82) is 5.41 Å². The minimum Gasteiger partial charge on any atom is -0.308 e. The summed E-state index contributed by atoms with van der Waals surface area (Å²) in [5, 5.41) is 7.52. The van der Waals surface area contributed by atoms with Crippen molar-refractivity contribution >= 4 is 6.21 Å². The molecule has 1 aromatic heterocycles. The Bertz CT molecular complexity index is 530. The van der Waals surface area contributed by atoms with Gasteiger partial charge in [-0.2, -0.15) is 0 Å². The van der Waals surface area contributed by atoms with Gasteiger partial charge in [0.05, 0.1) is 0 Å². The molecule has 0 unspecified atom stereocenters. The molecule has 86 valence electrons. The molecule has 0 saturated carbocycles. The smallest absolute Gasteiger partial charge is 0.0447 e. The molecule has 17 heavy (non-hydrogen) atoms. The molecule has 0 aliphatic rings. The van der Waals surface area contributed by atoms with Gasteiger partial charge < -0.3 is 5.41 Å². The Balaban J connectivity index is 2.41. The van der Waals surface area contributed by atoms with Crippen LogP contribution in [-0.4, -0.2) is 11.2 Å². The molecule has 0 radical (unpaired) electrons. The SMILES string of the molecule is Cc1cc(C)c(C=N)c(Cc2ccccn2)c1. The van der Waals surface area contributed by atoms with Gasteiger partial charge in [-0.25, -0.2) is 0 Å². The van der Waals surface area contributed by atoms with Gasteiger partial charge in [-0.05, 0) is 42.7 Å². The molecule has 2 heteroatoms. The van der Waals surface area contributed by atoms with E-state index in [1.807, 2.05) is 24.4 Å². The van der Waals surface area contributed by atoms with E-state index in [-0.39, 0.29) is 0 Å². The van der Waals surface area contributed by atoms with Crippen molar-refractivity contribution in [3.63, 3.8) is 0 Å². The number of aryl methyl sites for hydroxylation is 2. The standard InChI is InChI=1S/C15H16N2/c1-11-7-12(2)15(10-16)13(8-11)9-14-5-3-4-6-17-14/h3-8,10,16H,9H2,1-2H3. The number of hydrogen-bond donors (Lipinski definition) is 1. The average Bonchev–Trinajstić information content (AvgIpc) is 2.30. The first-order chi connectivity index (χ1) is 8.20. The molecule has 0 spiro atoms. The van der Waals surface area contributed by atoms with Crippen molar-refractivity contribution in [2.45, 2.75) is 20.3 Å². The molecular formula is C15H16N2. The highest BCUT2D eigenvalue weighted by Gasteiger charge is 2.06. The summed E-state index contributed by atoms with van der Waals surface area (Å²) in [6.45, 7) is 4.14. The zero-order chi connectivity index (χ0) is 12.3. The van der Waals surface area contributed by atoms with Gasteiger partial charge in [0, 0.05) is 24.5 Å². The summed E-state index contributed by atoms with van der Waals surface area (Å²) in [6.07, 6.45) is 4.03. The molecule has 0 bridgehead atoms. The first-order valence-corrected chi connectivity index (χ1v) is 5.71. The van der Waals surface area contributed by atoms with Crippen LogP contribution in [0.25, 0.3) is 0 Å². The Kier molecular flexibility index (Phi) is 3.33. The molecule has 0 aliphatic carbocycles. The van der Waals surface area contributed by atoms with Crippen LogP contribution in [0.5, 0.6) is 0 Å². The third kappa shape index (κ3) is 2.59. The van der Waals surface area contributed by atoms with E-state index in [1.165, 1.54) is 17.3 Å². The summed E-state index contributed by atoms with van der Waals surface area (Å²) >= 11 is 0. The zero-order valence-corrected chi connectivity index (χ0v) is 10.2. The normalized spacial score (nSPS) is 10.2. The highest BCUT2D eigenvalue weighted by atomic mass is 14.7. The number of rotatable bonds is 3. The maximum absolute atomic E-state index is 7.52. The number of nitrogens with one attached hydrogen (secondary N) is 1. The monoisotopic (exact) mass is 224 g/mol. The molecule has 1 N–H and O–H groups in total. The lowest BCUT2D eigenvalue weighted by atomic mass is 9.96. The lowest BCUT2D eigenvalue weighted by Gasteiger charge is -2.10. The number of nitrogens with zero attached hydrogens (tertiary/aromatic N) is 1. The molecule has 0 amide bonds. The summed E-state index contributed by atoms with van der Waals surface area (Å²) in [5.74, 6) is 0. The van der Waals surface area contributed by atoms with E-state index in [4.69, 9.17) is 5.41 Å². The van der Waals surface area contributed by atoms with Gasteiger partial charge >= 0.3 is 0 Å². The third-order valence-corrected chi connectivity index (χ3v) is 2.86. The fourth-order valence-corrected chi connectivity index (χ4v) is 2.12. The van der Waals surface area contributed by atoms with E-state index < -0.39 is 0 Å². The van der Waals surface area contributed by atoms with Crippen LogP contribution in [0.4, 0.5) is 0 Å². The van der Waals surface area contributed by atoms with Crippen LogP contribution >= 0.6 is 0 Å². The molecule has 0 fully saturated rings. The second-order valence-electron chi connectivity index (χ2n) is 4.30. The zero-order valence-electron chi connectivity index (χ0n) is 10.2. The van der Waals surface area contributed by atoms with Crippen LogP contribution < -0.4 is 0 Å². The molecule has 2 aromatic rings. The molecule has 1 aromatic carbocycles. The average molecular weight is 224 g/mol. The Morgan fingerprint density at radius 2 is 2.06 bits per heavy atom. The summed E-state index contributed by atoms with van der Waals surface area (Å²) < 4.78 is 0. The minimum absolute atomic E-state index is 0.786. The number of hydrogen-bond acceptors (Lipinski definition) is 2. The molecule has 0 aliphatic heterocycles. The van der Waals surface area contributed by atoms with E-state index >= 15 is 0 Å². The van der Waals surface area contributed by atoms with Crippen LogP contribution in [0.15, 0.2) is 36.5 Å². The Morgan fingerprint density at radius 1 is 1.24 bits per heavy atom. The summed E-state index contributed by atoms with van der Waals surface area (Å²) in [7, 11) is 0. The summed E-state index contributed by atoms with van der Waals surface area (Å²) in [5.41, 5.74) is 5.63. The van der Waals surface area contributed by atoms with Gasteiger partial charge in [0.25, 0.3) is 0 Å². The number of aromatic nitrogens is 1. The van der Waals surface area contributed by atoms with Crippen LogP contribution in [0, 0.1) is 19.3 Å². The first kappa shape index (κ1) is 11.5. The summed E-state index contributed by atoms with van der Waals surface area (Å²) in [6, 6.07) is 10.2. The topological polar surface area (TPSA) is 36.7 Å². The van der Waals surface area contributed by atoms with Crippen LogP contribution in [0.3, 0.4) is 0 Å². The van der Waals surface area contributed by atoms with Crippen molar-refractivity contribution < 1.29 is 0 Å². The minimum atomic E-state index is 0.786. The maximum atomic E-state index is 7.52. The highest BCUT2D eigenvalue weighted by molar-refractivity contribution is 5.81.